The second-order valence-corrected chi connectivity index (χ2v) is 6.18. The molecule has 0 saturated carbocycles. The molecule has 154 valence electrons. The van der Waals surface area contributed by atoms with Crippen LogP contribution >= 0.6 is 0 Å². The maximum atomic E-state index is 12.7. The van der Waals surface area contributed by atoms with Crippen LogP contribution in [0.4, 0.5) is 20.2 Å². The van der Waals surface area contributed by atoms with Crippen molar-refractivity contribution in [3.8, 4) is 0 Å². The Morgan fingerprint density at radius 3 is 2.69 bits per heavy atom. The van der Waals surface area contributed by atoms with Crippen LogP contribution in [0.15, 0.2) is 30.6 Å². The summed E-state index contributed by atoms with van der Waals surface area (Å²) in [5, 5.41) is 2.56. The number of aromatic nitrogens is 2. The van der Waals surface area contributed by atoms with E-state index >= 15 is 0 Å². The minimum Gasteiger partial charge on any atom is -0.463 e. The lowest BCUT2D eigenvalue weighted by atomic mass is 10.1. The number of nitrogens with zero attached hydrogens (tertiary/aromatic N) is 2. The van der Waals surface area contributed by atoms with Crippen LogP contribution < -0.4 is 11.1 Å². The fourth-order valence-corrected chi connectivity index (χ4v) is 2.34. The SMILES string of the molecule is CCCCOC(=O)C=Cc1ncc(F)cc1N.O=C1CCc2ncc(F)cc2N1. The van der Waals surface area contributed by atoms with Crippen molar-refractivity contribution in [3.05, 3.63) is 53.6 Å². The number of esters is 1. The van der Waals surface area contributed by atoms with E-state index < -0.39 is 17.6 Å². The van der Waals surface area contributed by atoms with Crippen LogP contribution in [0.5, 0.6) is 0 Å². The summed E-state index contributed by atoms with van der Waals surface area (Å²) in [4.78, 5) is 29.7. The van der Waals surface area contributed by atoms with Gasteiger partial charge in [-0.25, -0.2) is 13.6 Å². The van der Waals surface area contributed by atoms with Crippen LogP contribution in [0, 0.1) is 11.6 Å². The number of nitrogens with one attached hydrogen (secondary N) is 1. The highest BCUT2D eigenvalue weighted by Crippen LogP contribution is 2.20. The number of halogens is 2. The zero-order valence-corrected chi connectivity index (χ0v) is 16.0. The van der Waals surface area contributed by atoms with Gasteiger partial charge < -0.3 is 15.8 Å². The van der Waals surface area contributed by atoms with Crippen molar-refractivity contribution in [2.24, 2.45) is 0 Å². The molecule has 3 rings (SSSR count). The van der Waals surface area contributed by atoms with Gasteiger partial charge in [-0.15, -0.1) is 0 Å². The van der Waals surface area contributed by atoms with Crippen molar-refractivity contribution in [1.29, 1.82) is 0 Å². The van der Waals surface area contributed by atoms with E-state index in [1.807, 2.05) is 6.92 Å². The number of nitrogen functional groups attached to an aromatic ring is 1. The topological polar surface area (TPSA) is 107 Å². The van der Waals surface area contributed by atoms with E-state index in [9.17, 15) is 18.4 Å². The van der Waals surface area contributed by atoms with Crippen LogP contribution in [0.2, 0.25) is 0 Å². The number of ether oxygens (including phenoxy) is 1. The Bertz CT molecular complexity index is 903. The molecule has 3 N–H and O–H groups in total. The second-order valence-electron chi connectivity index (χ2n) is 6.18. The van der Waals surface area contributed by atoms with Gasteiger partial charge in [0, 0.05) is 31.1 Å². The van der Waals surface area contributed by atoms with Gasteiger partial charge in [0.1, 0.15) is 11.6 Å². The maximum absolute atomic E-state index is 12.7. The summed E-state index contributed by atoms with van der Waals surface area (Å²) in [6.07, 6.45) is 7.66. The van der Waals surface area contributed by atoms with E-state index in [1.165, 1.54) is 18.2 Å². The van der Waals surface area contributed by atoms with Crippen molar-refractivity contribution in [2.75, 3.05) is 17.7 Å². The number of aryl methyl sites for hydroxylation is 1. The summed E-state index contributed by atoms with van der Waals surface area (Å²) >= 11 is 0. The van der Waals surface area contributed by atoms with Crippen molar-refractivity contribution in [3.63, 3.8) is 0 Å². The third kappa shape index (κ3) is 7.28. The molecule has 0 unspecified atom stereocenters. The molecule has 1 aliphatic rings. The summed E-state index contributed by atoms with van der Waals surface area (Å²) in [6.45, 7) is 2.40. The quantitative estimate of drug-likeness (QED) is 0.450. The molecule has 2 aromatic heterocycles. The second kappa shape index (κ2) is 10.8. The average molecular weight is 404 g/mol. The monoisotopic (exact) mass is 404 g/mol. The van der Waals surface area contributed by atoms with Gasteiger partial charge in [-0.3, -0.25) is 14.8 Å². The Balaban J connectivity index is 0.000000218. The van der Waals surface area contributed by atoms with Crippen molar-refractivity contribution >= 4 is 29.3 Å². The van der Waals surface area contributed by atoms with Crippen molar-refractivity contribution < 1.29 is 23.1 Å². The summed E-state index contributed by atoms with van der Waals surface area (Å²) in [5.74, 6) is -1.46. The smallest absolute Gasteiger partial charge is 0.330 e. The van der Waals surface area contributed by atoms with Crippen LogP contribution in [0.3, 0.4) is 0 Å². The lowest BCUT2D eigenvalue weighted by Gasteiger charge is -2.14. The summed E-state index contributed by atoms with van der Waals surface area (Å²) in [7, 11) is 0. The summed E-state index contributed by atoms with van der Waals surface area (Å²) in [6, 6.07) is 2.44. The molecule has 29 heavy (non-hydrogen) atoms. The highest BCUT2D eigenvalue weighted by Gasteiger charge is 2.15. The molecule has 9 heteroatoms. The third-order valence-electron chi connectivity index (χ3n) is 3.84. The number of carbonyl (C=O) groups is 2. The third-order valence-corrected chi connectivity index (χ3v) is 3.84. The molecule has 3 heterocycles. The molecule has 0 atom stereocenters. The normalized spacial score (nSPS) is 12.6. The van der Waals surface area contributed by atoms with E-state index in [2.05, 4.69) is 15.3 Å². The fraction of sp³-hybridized carbons (Fsp3) is 0.300. The maximum Gasteiger partial charge on any atom is 0.330 e. The summed E-state index contributed by atoms with van der Waals surface area (Å²) in [5.41, 5.74) is 7.32. The first kappa shape index (κ1) is 21.9. The zero-order chi connectivity index (χ0) is 21.2. The zero-order valence-electron chi connectivity index (χ0n) is 16.0. The molecule has 0 saturated heterocycles. The first-order valence-corrected chi connectivity index (χ1v) is 9.09. The molecule has 7 nitrogen and oxygen atoms in total. The number of carbonyl (C=O) groups excluding carboxylic acids is 2. The molecule has 0 spiro atoms. The molecule has 0 aliphatic carbocycles. The number of fused-ring (bicyclic) bond motifs is 1. The predicted octanol–water partition coefficient (Wildman–Crippen LogP) is 3.26. The number of amides is 1. The van der Waals surface area contributed by atoms with Gasteiger partial charge in [0.25, 0.3) is 0 Å². The first-order valence-electron chi connectivity index (χ1n) is 9.09. The molecule has 1 aliphatic heterocycles. The highest BCUT2D eigenvalue weighted by atomic mass is 19.1. The fourth-order valence-electron chi connectivity index (χ4n) is 2.34. The van der Waals surface area contributed by atoms with Gasteiger partial charge in [0.05, 0.1) is 41.8 Å². The van der Waals surface area contributed by atoms with Crippen LogP contribution in [-0.2, 0) is 20.7 Å². The number of hydrogen-bond donors (Lipinski definition) is 2. The number of unbranched alkanes of at least 4 members (excludes halogenated alkanes) is 1. The Kier molecular flexibility index (Phi) is 8.20. The van der Waals surface area contributed by atoms with E-state index in [4.69, 9.17) is 10.5 Å². The molecule has 0 radical (unpaired) electrons. The number of pyridine rings is 2. The van der Waals surface area contributed by atoms with Gasteiger partial charge in [0.2, 0.25) is 5.91 Å². The Labute approximate surface area is 167 Å². The first-order chi connectivity index (χ1) is 13.9. The van der Waals surface area contributed by atoms with Crippen LogP contribution in [-0.4, -0.2) is 28.5 Å². The number of nitrogens with two attached hydrogens (primary N) is 1. The molecule has 1 amide bonds. The van der Waals surface area contributed by atoms with Gasteiger partial charge in [-0.05, 0) is 12.5 Å². The van der Waals surface area contributed by atoms with Crippen LogP contribution in [0.1, 0.15) is 37.6 Å². The lowest BCUT2D eigenvalue weighted by Crippen LogP contribution is -2.19. The minimum atomic E-state index is -0.509. The minimum absolute atomic E-state index is 0.0742. The van der Waals surface area contributed by atoms with Gasteiger partial charge in [-0.2, -0.15) is 0 Å². The van der Waals surface area contributed by atoms with E-state index in [1.54, 1.807) is 0 Å². The standard InChI is InChI=1S/C12H15FN2O2.C8H7FN2O/c1-2-3-6-17-12(16)5-4-11-10(14)7-9(13)8-15-11;9-5-3-7-6(10-4-5)1-2-8(12)11-7/h4-5,7-8H,2-3,6,14H2,1H3;3-4H,1-2H2,(H,11,12). The number of anilines is 2. The predicted molar refractivity (Wildman–Crippen MR) is 105 cm³/mol. The lowest BCUT2D eigenvalue weighted by molar-refractivity contribution is -0.137. The van der Waals surface area contributed by atoms with Gasteiger partial charge in [0.15, 0.2) is 0 Å². The van der Waals surface area contributed by atoms with E-state index in [0.29, 0.717) is 30.8 Å². The molecule has 2 aromatic rings. The highest BCUT2D eigenvalue weighted by molar-refractivity contribution is 5.93. The number of rotatable bonds is 5. The van der Waals surface area contributed by atoms with Crippen molar-refractivity contribution in [1.82, 2.24) is 9.97 Å². The van der Waals surface area contributed by atoms with E-state index in [0.717, 1.165) is 37.0 Å². The van der Waals surface area contributed by atoms with Crippen molar-refractivity contribution in [2.45, 2.75) is 32.6 Å². The van der Waals surface area contributed by atoms with Gasteiger partial charge in [-0.1, -0.05) is 13.3 Å². The molecule has 0 fully saturated rings. The average Bonchev–Trinajstić information content (AvgIpc) is 2.67. The Morgan fingerprint density at radius 1 is 1.24 bits per heavy atom. The summed E-state index contributed by atoms with van der Waals surface area (Å²) < 4.78 is 30.2. The molecule has 0 bridgehead atoms. The molecule has 0 aromatic carbocycles. The van der Waals surface area contributed by atoms with Gasteiger partial charge >= 0.3 is 5.97 Å². The van der Waals surface area contributed by atoms with Crippen LogP contribution in [0.25, 0.3) is 6.08 Å². The largest absolute Gasteiger partial charge is 0.463 e. The number of hydrogen-bond acceptors (Lipinski definition) is 6. The molecular weight excluding hydrogens is 382 g/mol. The molecular formula is C20H22F2N4O3. The Morgan fingerprint density at radius 2 is 1.97 bits per heavy atom. The Hall–Kier alpha value is -3.36. The van der Waals surface area contributed by atoms with E-state index in [-0.39, 0.29) is 11.6 Å².